The fraction of sp³-hybridized carbons (Fsp3) is 0.306. The first-order chi connectivity index (χ1) is 24.9. The van der Waals surface area contributed by atoms with Gasteiger partial charge in [0.15, 0.2) is 30.1 Å². The molecule has 1 aliphatic rings. The fourth-order valence-corrected chi connectivity index (χ4v) is 5.24. The molecule has 0 aliphatic carbocycles. The molecule has 15 nitrogen and oxygen atoms in total. The molecular weight excluding hydrogens is 702 g/mol. The van der Waals surface area contributed by atoms with Gasteiger partial charge in [0.25, 0.3) is 10.1 Å². The van der Waals surface area contributed by atoms with Gasteiger partial charge in [-0.05, 0) is 50.2 Å². The van der Waals surface area contributed by atoms with Crippen LogP contribution < -0.4 is 5.32 Å². The first kappa shape index (κ1) is 39.2. The Morgan fingerprint density at radius 3 is 1.46 bits per heavy atom. The number of benzene rings is 3. The van der Waals surface area contributed by atoms with E-state index in [9.17, 15) is 32.4 Å². The van der Waals surface area contributed by atoms with Gasteiger partial charge in [-0.3, -0.25) is 4.18 Å². The first-order valence-corrected chi connectivity index (χ1v) is 17.8. The molecule has 0 radical (unpaired) electrons. The van der Waals surface area contributed by atoms with Crippen LogP contribution >= 0.6 is 0 Å². The van der Waals surface area contributed by atoms with Crippen LogP contribution in [0.3, 0.4) is 0 Å². The Hall–Kier alpha value is -5.58. The van der Waals surface area contributed by atoms with E-state index in [1.54, 1.807) is 54.6 Å². The highest BCUT2D eigenvalue weighted by atomic mass is 32.2. The number of ether oxygens (including phenoxy) is 6. The molecule has 4 rings (SSSR count). The van der Waals surface area contributed by atoms with E-state index in [1.807, 2.05) is 0 Å². The van der Waals surface area contributed by atoms with Crippen LogP contribution in [-0.2, 0) is 52.3 Å². The minimum absolute atomic E-state index is 0.0653. The molecule has 1 saturated heterocycles. The van der Waals surface area contributed by atoms with Crippen LogP contribution in [-0.4, -0.2) is 95.0 Å². The second-order valence-corrected chi connectivity index (χ2v) is 12.6. The number of esters is 5. The summed E-state index contributed by atoms with van der Waals surface area (Å²) in [6, 6.07) is 23.2. The molecule has 0 bridgehead atoms. The molecule has 1 fully saturated rings. The fourth-order valence-electron chi connectivity index (χ4n) is 4.86. The Morgan fingerprint density at radius 1 is 0.654 bits per heavy atom. The molecule has 276 valence electrons. The van der Waals surface area contributed by atoms with Crippen LogP contribution in [0.1, 0.15) is 44.9 Å². The van der Waals surface area contributed by atoms with Gasteiger partial charge in [-0.15, -0.1) is 0 Å². The molecule has 3 aromatic carbocycles. The van der Waals surface area contributed by atoms with E-state index in [-0.39, 0.29) is 29.9 Å². The third-order valence-corrected chi connectivity index (χ3v) is 7.78. The second kappa shape index (κ2) is 18.6. The number of rotatable bonds is 15. The van der Waals surface area contributed by atoms with E-state index >= 15 is 0 Å². The molecule has 3 aromatic rings. The SMILES string of the molecule is CCOC(=O)C(=CN[C@@H]1O[C@H](COS(C)(=O)=O)[C@H](OC(=O)c2ccccc2)[C@H](OC(=O)c2ccccc2)[C@H]1OC(=O)c1ccccc1)C(=O)OCC. The van der Waals surface area contributed by atoms with Gasteiger partial charge in [0.05, 0.1) is 42.8 Å². The van der Waals surface area contributed by atoms with Crippen molar-refractivity contribution in [3.05, 3.63) is 119 Å². The van der Waals surface area contributed by atoms with E-state index in [1.165, 1.54) is 50.2 Å². The maximum Gasteiger partial charge on any atom is 0.347 e. The molecule has 52 heavy (non-hydrogen) atoms. The molecule has 0 aromatic heterocycles. The van der Waals surface area contributed by atoms with E-state index in [0.29, 0.717) is 0 Å². The van der Waals surface area contributed by atoms with Crippen molar-refractivity contribution in [2.24, 2.45) is 0 Å². The van der Waals surface area contributed by atoms with E-state index < -0.39 is 82.8 Å². The van der Waals surface area contributed by atoms with Crippen LogP contribution in [0.4, 0.5) is 0 Å². The highest BCUT2D eigenvalue weighted by molar-refractivity contribution is 7.85. The molecule has 1 heterocycles. The van der Waals surface area contributed by atoms with Gasteiger partial charge >= 0.3 is 29.8 Å². The Balaban J connectivity index is 1.86. The summed E-state index contributed by atoms with van der Waals surface area (Å²) >= 11 is 0. The van der Waals surface area contributed by atoms with Crippen molar-refractivity contribution >= 4 is 40.0 Å². The van der Waals surface area contributed by atoms with Crippen molar-refractivity contribution in [1.29, 1.82) is 0 Å². The zero-order valence-electron chi connectivity index (χ0n) is 28.4. The maximum atomic E-state index is 13.6. The summed E-state index contributed by atoms with van der Waals surface area (Å²) in [6.07, 6.45) is -6.60. The molecular formula is C36H37NO14S. The monoisotopic (exact) mass is 739 g/mol. The number of hydrogen-bond donors (Lipinski definition) is 1. The highest BCUT2D eigenvalue weighted by Crippen LogP contribution is 2.30. The number of nitrogens with one attached hydrogen (secondary N) is 1. The zero-order chi connectivity index (χ0) is 37.7. The summed E-state index contributed by atoms with van der Waals surface area (Å²) in [5.41, 5.74) is -0.396. The molecule has 0 unspecified atom stereocenters. The van der Waals surface area contributed by atoms with Crippen molar-refractivity contribution in [3.63, 3.8) is 0 Å². The third kappa shape index (κ3) is 11.0. The average Bonchev–Trinajstić information content (AvgIpc) is 3.13. The topological polar surface area (TPSA) is 196 Å². The minimum atomic E-state index is -4.13. The quantitative estimate of drug-likeness (QED) is 0.0596. The summed E-state index contributed by atoms with van der Waals surface area (Å²) in [7, 11) is -4.13. The molecule has 16 heteroatoms. The van der Waals surface area contributed by atoms with Crippen molar-refractivity contribution in [1.82, 2.24) is 5.32 Å². The second-order valence-electron chi connectivity index (χ2n) is 11.0. The molecule has 1 N–H and O–H groups in total. The van der Waals surface area contributed by atoms with Crippen LogP contribution in [0.5, 0.6) is 0 Å². The van der Waals surface area contributed by atoms with Gasteiger partial charge in [-0.1, -0.05) is 54.6 Å². The predicted molar refractivity (Wildman–Crippen MR) is 181 cm³/mol. The Kier molecular flexibility index (Phi) is 14.0. The molecule has 0 spiro atoms. The summed E-state index contributed by atoms with van der Waals surface area (Å²) in [5, 5.41) is 2.68. The summed E-state index contributed by atoms with van der Waals surface area (Å²) in [5.74, 6) is -4.93. The molecule has 5 atom stereocenters. The normalized spacial score (nSPS) is 19.6. The minimum Gasteiger partial charge on any atom is -0.462 e. The lowest BCUT2D eigenvalue weighted by molar-refractivity contribution is -0.231. The Morgan fingerprint density at radius 2 is 1.06 bits per heavy atom. The van der Waals surface area contributed by atoms with Crippen LogP contribution in [0.25, 0.3) is 0 Å². The molecule has 1 aliphatic heterocycles. The van der Waals surface area contributed by atoms with E-state index in [0.717, 1.165) is 12.5 Å². The summed E-state index contributed by atoms with van der Waals surface area (Å²) in [4.78, 5) is 66.1. The Bertz CT molecular complexity index is 1810. The van der Waals surface area contributed by atoms with Crippen LogP contribution in [0.2, 0.25) is 0 Å². The van der Waals surface area contributed by atoms with Gasteiger partial charge in [0.2, 0.25) is 0 Å². The molecule has 0 saturated carbocycles. The van der Waals surface area contributed by atoms with Crippen LogP contribution in [0, 0.1) is 0 Å². The number of carbonyl (C=O) groups is 5. The largest absolute Gasteiger partial charge is 0.462 e. The predicted octanol–water partition coefficient (Wildman–Crippen LogP) is 2.96. The van der Waals surface area contributed by atoms with Crippen LogP contribution in [0.15, 0.2) is 103 Å². The van der Waals surface area contributed by atoms with Gasteiger partial charge in [-0.2, -0.15) is 8.42 Å². The van der Waals surface area contributed by atoms with Gasteiger partial charge in [-0.25, -0.2) is 24.0 Å². The summed E-state index contributed by atoms with van der Waals surface area (Å²) in [6.45, 7) is 2.07. The standard InChI is InChI=1S/C36H37NO14S/c1-4-45-35(41)26(36(42)46-5-2)21-37-31-30(51-34(40)25-19-13-8-14-20-25)29(50-33(39)24-17-11-7-12-18-24)28(27(48-31)22-47-52(3,43)44)49-32(38)23-15-9-6-10-16-23/h6-21,27-31,37H,4-5,22H2,1-3H3/t27-,28+,29+,30-,31-/m1/s1. The lowest BCUT2D eigenvalue weighted by atomic mass is 9.96. The van der Waals surface area contributed by atoms with Crippen molar-refractivity contribution in [2.45, 2.75) is 44.5 Å². The van der Waals surface area contributed by atoms with E-state index in [2.05, 4.69) is 5.32 Å². The van der Waals surface area contributed by atoms with Gasteiger partial charge in [0.1, 0.15) is 6.10 Å². The van der Waals surface area contributed by atoms with Gasteiger partial charge < -0.3 is 33.7 Å². The first-order valence-electron chi connectivity index (χ1n) is 16.0. The maximum absolute atomic E-state index is 13.6. The lowest BCUT2D eigenvalue weighted by Gasteiger charge is -2.44. The number of carbonyl (C=O) groups excluding carboxylic acids is 5. The number of hydrogen-bond acceptors (Lipinski definition) is 15. The highest BCUT2D eigenvalue weighted by Gasteiger charge is 2.53. The molecule has 0 amide bonds. The smallest absolute Gasteiger partial charge is 0.347 e. The van der Waals surface area contributed by atoms with Gasteiger partial charge in [0, 0.05) is 6.20 Å². The van der Waals surface area contributed by atoms with E-state index in [4.69, 9.17) is 32.6 Å². The third-order valence-electron chi connectivity index (χ3n) is 7.22. The average molecular weight is 740 g/mol. The van der Waals surface area contributed by atoms with Crippen molar-refractivity contribution in [3.8, 4) is 0 Å². The van der Waals surface area contributed by atoms with Crippen molar-refractivity contribution < 1.29 is 65.0 Å². The summed E-state index contributed by atoms with van der Waals surface area (Å²) < 4.78 is 63.1. The Labute approximate surface area is 299 Å². The zero-order valence-corrected chi connectivity index (χ0v) is 29.2. The van der Waals surface area contributed by atoms with Crippen molar-refractivity contribution in [2.75, 3.05) is 26.1 Å². The lowest BCUT2D eigenvalue weighted by Crippen LogP contribution is -2.65.